The second-order valence-electron chi connectivity index (χ2n) is 6.33. The first-order chi connectivity index (χ1) is 11.6. The number of carbonyl (C=O) groups is 1. The molecule has 1 fully saturated rings. The molecule has 1 aliphatic heterocycles. The van der Waals surface area contributed by atoms with Crippen molar-refractivity contribution in [1.82, 2.24) is 24.4 Å². The molecule has 4 rings (SSSR count). The summed E-state index contributed by atoms with van der Waals surface area (Å²) < 4.78 is 6.71. The molecule has 1 aliphatic rings. The minimum atomic E-state index is 0.0374. The fourth-order valence-electron chi connectivity index (χ4n) is 3.37. The van der Waals surface area contributed by atoms with E-state index in [4.69, 9.17) is 4.52 Å². The van der Waals surface area contributed by atoms with Gasteiger partial charge in [0.15, 0.2) is 5.82 Å². The topological polar surface area (TPSA) is 76.5 Å². The van der Waals surface area contributed by atoms with Gasteiger partial charge in [-0.25, -0.2) is 4.98 Å². The Morgan fingerprint density at radius 3 is 2.79 bits per heavy atom. The number of pyridine rings is 1. The van der Waals surface area contributed by atoms with E-state index < -0.39 is 0 Å². The highest BCUT2D eigenvalue weighted by Gasteiger charge is 2.29. The summed E-state index contributed by atoms with van der Waals surface area (Å²) in [6.07, 6.45) is 4.97. The van der Waals surface area contributed by atoms with E-state index in [1.54, 1.807) is 0 Å². The largest absolute Gasteiger partial charge is 0.343 e. The van der Waals surface area contributed by atoms with Crippen molar-refractivity contribution in [2.45, 2.75) is 32.6 Å². The molecule has 7 nitrogen and oxygen atoms in total. The van der Waals surface area contributed by atoms with Crippen LogP contribution in [0.3, 0.4) is 0 Å². The molecule has 3 aromatic rings. The molecule has 0 aliphatic carbocycles. The van der Waals surface area contributed by atoms with E-state index in [1.807, 2.05) is 41.5 Å². The molecule has 4 heterocycles. The molecule has 0 aromatic carbocycles. The lowest BCUT2D eigenvalue weighted by Gasteiger charge is -2.30. The molecule has 3 aromatic heterocycles. The predicted molar refractivity (Wildman–Crippen MR) is 86.8 cm³/mol. The summed E-state index contributed by atoms with van der Waals surface area (Å²) in [4.78, 5) is 23.5. The van der Waals surface area contributed by atoms with E-state index in [0.29, 0.717) is 18.8 Å². The first kappa shape index (κ1) is 14.9. The number of piperidine rings is 1. The highest BCUT2D eigenvalue weighted by Crippen LogP contribution is 2.26. The third kappa shape index (κ3) is 2.46. The molecule has 0 atom stereocenters. The number of amides is 1. The van der Waals surface area contributed by atoms with Gasteiger partial charge in [-0.2, -0.15) is 4.98 Å². The molecule has 7 heteroatoms. The van der Waals surface area contributed by atoms with Crippen molar-refractivity contribution in [3.05, 3.63) is 47.5 Å². The lowest BCUT2D eigenvalue weighted by Crippen LogP contribution is -2.38. The summed E-state index contributed by atoms with van der Waals surface area (Å²) in [5, 5.41) is 3.92. The lowest BCUT2D eigenvalue weighted by atomic mass is 9.96. The van der Waals surface area contributed by atoms with Gasteiger partial charge in [-0.3, -0.25) is 9.20 Å². The maximum Gasteiger partial charge on any atom is 0.272 e. The molecule has 24 heavy (non-hydrogen) atoms. The van der Waals surface area contributed by atoms with E-state index in [2.05, 4.69) is 15.1 Å². The van der Waals surface area contributed by atoms with Crippen molar-refractivity contribution in [2.24, 2.45) is 0 Å². The summed E-state index contributed by atoms with van der Waals surface area (Å²) >= 11 is 0. The Morgan fingerprint density at radius 1 is 1.29 bits per heavy atom. The highest BCUT2D eigenvalue weighted by atomic mass is 16.5. The monoisotopic (exact) mass is 325 g/mol. The number of hydrogen-bond donors (Lipinski definition) is 0. The number of hydrogen-bond acceptors (Lipinski definition) is 5. The van der Waals surface area contributed by atoms with Crippen LogP contribution in [0.25, 0.3) is 5.65 Å². The van der Waals surface area contributed by atoms with Gasteiger partial charge < -0.3 is 9.42 Å². The van der Waals surface area contributed by atoms with Crippen LogP contribution in [0, 0.1) is 13.8 Å². The number of aromatic nitrogens is 4. The van der Waals surface area contributed by atoms with Crippen LogP contribution in [0.15, 0.2) is 29.2 Å². The quantitative estimate of drug-likeness (QED) is 0.723. The van der Waals surface area contributed by atoms with Crippen molar-refractivity contribution in [2.75, 3.05) is 13.1 Å². The smallest absolute Gasteiger partial charge is 0.272 e. The van der Waals surface area contributed by atoms with Gasteiger partial charge in [-0.15, -0.1) is 0 Å². The zero-order valence-corrected chi connectivity index (χ0v) is 13.8. The Bertz CT molecular complexity index is 876. The summed E-state index contributed by atoms with van der Waals surface area (Å²) in [5.41, 5.74) is 3.37. The Morgan fingerprint density at radius 2 is 2.08 bits per heavy atom. The molecule has 1 amide bonds. The number of likely N-dealkylation sites (tertiary alicyclic amines) is 1. The minimum absolute atomic E-state index is 0.0374. The number of nitrogens with zero attached hydrogens (tertiary/aromatic N) is 5. The van der Waals surface area contributed by atoms with E-state index in [-0.39, 0.29) is 11.8 Å². The average molecular weight is 325 g/mol. The van der Waals surface area contributed by atoms with Crippen LogP contribution in [0.5, 0.6) is 0 Å². The van der Waals surface area contributed by atoms with Gasteiger partial charge in [0.05, 0.1) is 5.69 Å². The number of aryl methyl sites for hydroxylation is 2. The Kier molecular flexibility index (Phi) is 3.55. The van der Waals surface area contributed by atoms with E-state index in [9.17, 15) is 4.79 Å². The molecule has 0 radical (unpaired) electrons. The first-order valence-electron chi connectivity index (χ1n) is 8.14. The van der Waals surface area contributed by atoms with Crippen LogP contribution in [-0.2, 0) is 0 Å². The zero-order valence-electron chi connectivity index (χ0n) is 13.8. The highest BCUT2D eigenvalue weighted by molar-refractivity contribution is 5.94. The van der Waals surface area contributed by atoms with Gasteiger partial charge in [-0.05, 0) is 44.4 Å². The molecule has 0 spiro atoms. The van der Waals surface area contributed by atoms with Crippen molar-refractivity contribution in [3.8, 4) is 0 Å². The zero-order chi connectivity index (χ0) is 16.7. The molecular weight excluding hydrogens is 306 g/mol. The SMILES string of the molecule is Cc1ccn2c(C(=O)N3CCC(c4ncon4)CC3)c(C)nc2c1. The normalized spacial score (nSPS) is 16.0. The lowest BCUT2D eigenvalue weighted by molar-refractivity contribution is 0.0702. The van der Waals surface area contributed by atoms with Gasteiger partial charge in [0.1, 0.15) is 11.3 Å². The van der Waals surface area contributed by atoms with Gasteiger partial charge in [0.25, 0.3) is 5.91 Å². The molecule has 0 saturated carbocycles. The van der Waals surface area contributed by atoms with Crippen LogP contribution < -0.4 is 0 Å². The van der Waals surface area contributed by atoms with Crippen LogP contribution in [-0.4, -0.2) is 43.4 Å². The van der Waals surface area contributed by atoms with Crippen molar-refractivity contribution >= 4 is 11.6 Å². The number of fused-ring (bicyclic) bond motifs is 1. The summed E-state index contributed by atoms with van der Waals surface area (Å²) in [5.74, 6) is 1.04. The van der Waals surface area contributed by atoms with Crippen LogP contribution in [0.1, 0.15) is 46.3 Å². The van der Waals surface area contributed by atoms with Crippen LogP contribution in [0.4, 0.5) is 0 Å². The number of imidazole rings is 1. The Labute approximate surface area is 139 Å². The fourth-order valence-corrected chi connectivity index (χ4v) is 3.37. The van der Waals surface area contributed by atoms with Crippen molar-refractivity contribution < 1.29 is 9.32 Å². The number of carbonyl (C=O) groups excluding carboxylic acids is 1. The third-order valence-electron chi connectivity index (χ3n) is 4.68. The molecule has 124 valence electrons. The summed E-state index contributed by atoms with van der Waals surface area (Å²) in [7, 11) is 0. The van der Waals surface area contributed by atoms with Gasteiger partial charge >= 0.3 is 0 Å². The van der Waals surface area contributed by atoms with Gasteiger partial charge in [0.2, 0.25) is 6.39 Å². The van der Waals surface area contributed by atoms with Crippen LogP contribution >= 0.6 is 0 Å². The standard InChI is InChI=1S/C17H19N5O2/c1-11-3-8-22-14(9-11)19-12(2)15(22)17(23)21-6-4-13(5-7-21)16-18-10-24-20-16/h3,8-10,13H,4-7H2,1-2H3. The molecule has 0 unspecified atom stereocenters. The van der Waals surface area contributed by atoms with Gasteiger partial charge in [0, 0.05) is 25.2 Å². The Balaban J connectivity index is 1.56. The molecule has 0 N–H and O–H groups in total. The first-order valence-corrected chi connectivity index (χ1v) is 8.14. The second-order valence-corrected chi connectivity index (χ2v) is 6.33. The van der Waals surface area contributed by atoms with Gasteiger partial charge in [-0.1, -0.05) is 5.16 Å². The fraction of sp³-hybridized carbons (Fsp3) is 0.412. The maximum absolute atomic E-state index is 13.0. The Hall–Kier alpha value is -2.70. The van der Waals surface area contributed by atoms with Crippen LogP contribution in [0.2, 0.25) is 0 Å². The molecular formula is C17H19N5O2. The minimum Gasteiger partial charge on any atom is -0.343 e. The average Bonchev–Trinajstić information content (AvgIpc) is 3.21. The summed E-state index contributed by atoms with van der Waals surface area (Å²) in [6.45, 7) is 5.29. The van der Waals surface area contributed by atoms with Crippen molar-refractivity contribution in [1.29, 1.82) is 0 Å². The van der Waals surface area contributed by atoms with Crippen molar-refractivity contribution in [3.63, 3.8) is 0 Å². The number of rotatable bonds is 2. The third-order valence-corrected chi connectivity index (χ3v) is 4.68. The molecule has 0 bridgehead atoms. The van der Waals surface area contributed by atoms with E-state index >= 15 is 0 Å². The second kappa shape index (κ2) is 5.74. The predicted octanol–water partition coefficient (Wildman–Crippen LogP) is 2.35. The molecule has 1 saturated heterocycles. The van der Waals surface area contributed by atoms with E-state index in [0.717, 1.165) is 35.6 Å². The summed E-state index contributed by atoms with van der Waals surface area (Å²) in [6, 6.07) is 3.99. The maximum atomic E-state index is 13.0. The van der Waals surface area contributed by atoms with E-state index in [1.165, 1.54) is 6.39 Å².